The van der Waals surface area contributed by atoms with E-state index in [9.17, 15) is 4.79 Å². The number of rotatable bonds is 1. The van der Waals surface area contributed by atoms with Gasteiger partial charge in [-0.05, 0) is 41.6 Å². The molecule has 0 spiro atoms. The van der Waals surface area contributed by atoms with Crippen LogP contribution in [0.3, 0.4) is 0 Å². The predicted octanol–water partition coefficient (Wildman–Crippen LogP) is 1.78. The maximum atomic E-state index is 11.0. The Balaban J connectivity index is 3.37. The number of halogens is 1. The number of ketones is 1. The van der Waals surface area contributed by atoms with Crippen LogP contribution < -0.4 is 5.73 Å². The highest BCUT2D eigenvalue weighted by Crippen LogP contribution is 2.25. The van der Waals surface area contributed by atoms with E-state index in [1.54, 1.807) is 0 Å². The van der Waals surface area contributed by atoms with Crippen molar-refractivity contribution in [3.63, 3.8) is 0 Å². The van der Waals surface area contributed by atoms with Crippen molar-refractivity contribution in [2.24, 2.45) is 0 Å². The molecular weight excluding hydrogens is 269 g/mol. The second-order valence-corrected chi connectivity index (χ2v) is 3.61. The first-order valence-electron chi connectivity index (χ1n) is 3.31. The lowest BCUT2D eigenvalue weighted by atomic mass is 10.1. The summed E-state index contributed by atoms with van der Waals surface area (Å²) in [6, 6.07) is 2.89. The van der Waals surface area contributed by atoms with E-state index >= 15 is 0 Å². The highest BCUT2D eigenvalue weighted by Gasteiger charge is 2.08. The number of phenols is 1. The Bertz CT molecular complexity index is 336. The molecule has 4 heteroatoms. The Morgan fingerprint density at radius 2 is 2.17 bits per heavy atom. The fourth-order valence-corrected chi connectivity index (χ4v) is 1.50. The van der Waals surface area contributed by atoms with Gasteiger partial charge in [0.05, 0.1) is 5.69 Å². The van der Waals surface area contributed by atoms with E-state index in [1.165, 1.54) is 19.1 Å². The number of anilines is 1. The molecule has 0 aliphatic heterocycles. The Labute approximate surface area is 83.7 Å². The van der Waals surface area contributed by atoms with Crippen LogP contribution in [0.25, 0.3) is 0 Å². The number of Topliss-reactive ketones (excluding diaryl/α,β-unsaturated/α-hetero) is 1. The summed E-state index contributed by atoms with van der Waals surface area (Å²) in [6.07, 6.45) is 0. The van der Waals surface area contributed by atoms with E-state index in [1.807, 2.05) is 22.6 Å². The lowest BCUT2D eigenvalue weighted by molar-refractivity contribution is 0.101. The van der Waals surface area contributed by atoms with Gasteiger partial charge in [0, 0.05) is 9.13 Å². The van der Waals surface area contributed by atoms with Crippen molar-refractivity contribution in [3.8, 4) is 5.75 Å². The van der Waals surface area contributed by atoms with Crippen LogP contribution in [0, 0.1) is 3.57 Å². The molecule has 0 atom stereocenters. The minimum Gasteiger partial charge on any atom is -0.508 e. The van der Waals surface area contributed by atoms with Gasteiger partial charge in [0.25, 0.3) is 0 Å². The van der Waals surface area contributed by atoms with Crippen LogP contribution in [0.1, 0.15) is 17.3 Å². The predicted molar refractivity (Wildman–Crippen MR) is 55.2 cm³/mol. The normalized spacial score (nSPS) is 9.83. The quantitative estimate of drug-likeness (QED) is 0.356. The van der Waals surface area contributed by atoms with Crippen molar-refractivity contribution < 1.29 is 9.90 Å². The first kappa shape index (κ1) is 9.31. The van der Waals surface area contributed by atoms with Gasteiger partial charge in [-0.1, -0.05) is 0 Å². The van der Waals surface area contributed by atoms with Crippen molar-refractivity contribution in [1.82, 2.24) is 0 Å². The molecule has 0 unspecified atom stereocenters. The summed E-state index contributed by atoms with van der Waals surface area (Å²) in [5.74, 6) is -0.0693. The Morgan fingerprint density at radius 3 is 2.67 bits per heavy atom. The topological polar surface area (TPSA) is 63.3 Å². The molecule has 3 nitrogen and oxygen atoms in total. The van der Waals surface area contributed by atoms with E-state index in [0.29, 0.717) is 14.8 Å². The minimum atomic E-state index is -0.138. The minimum absolute atomic E-state index is 0.0683. The Kier molecular flexibility index (Phi) is 2.56. The van der Waals surface area contributed by atoms with Gasteiger partial charge in [-0.25, -0.2) is 0 Å². The lowest BCUT2D eigenvalue weighted by Crippen LogP contribution is -2.01. The molecule has 0 amide bonds. The maximum absolute atomic E-state index is 11.0. The van der Waals surface area contributed by atoms with Crippen LogP contribution in [0.15, 0.2) is 12.1 Å². The molecule has 0 saturated heterocycles. The molecule has 0 heterocycles. The second-order valence-electron chi connectivity index (χ2n) is 2.45. The number of carbonyl (C=O) groups is 1. The SMILES string of the molecule is CC(=O)c1cc(O)cc(I)c1N. The Hall–Kier alpha value is -0.780. The van der Waals surface area contributed by atoms with Crippen molar-refractivity contribution >= 4 is 34.1 Å². The maximum Gasteiger partial charge on any atom is 0.162 e. The molecule has 12 heavy (non-hydrogen) atoms. The Morgan fingerprint density at radius 1 is 1.58 bits per heavy atom. The van der Waals surface area contributed by atoms with Gasteiger partial charge in [0.15, 0.2) is 5.78 Å². The first-order chi connectivity index (χ1) is 5.52. The first-order valence-corrected chi connectivity index (χ1v) is 4.39. The number of phenolic OH excluding ortho intramolecular Hbond substituents is 1. The highest BCUT2D eigenvalue weighted by atomic mass is 127. The number of carbonyl (C=O) groups excluding carboxylic acids is 1. The van der Waals surface area contributed by atoms with Crippen LogP contribution in [0.5, 0.6) is 5.75 Å². The van der Waals surface area contributed by atoms with Gasteiger partial charge < -0.3 is 10.8 Å². The summed E-state index contributed by atoms with van der Waals surface area (Å²) in [4.78, 5) is 11.0. The van der Waals surface area contributed by atoms with Crippen LogP contribution in [0.4, 0.5) is 5.69 Å². The van der Waals surface area contributed by atoms with Crippen LogP contribution >= 0.6 is 22.6 Å². The van der Waals surface area contributed by atoms with Gasteiger partial charge in [0.2, 0.25) is 0 Å². The third-order valence-electron chi connectivity index (χ3n) is 1.49. The van der Waals surface area contributed by atoms with Gasteiger partial charge >= 0.3 is 0 Å². The number of aromatic hydroxyl groups is 1. The molecule has 0 aliphatic carbocycles. The number of benzene rings is 1. The molecule has 1 rings (SSSR count). The van der Waals surface area contributed by atoms with E-state index in [4.69, 9.17) is 10.8 Å². The molecule has 0 aromatic heterocycles. The third-order valence-corrected chi connectivity index (χ3v) is 2.39. The van der Waals surface area contributed by atoms with Crippen molar-refractivity contribution in [1.29, 1.82) is 0 Å². The standard InChI is InChI=1S/C8H8INO2/c1-4(11)6-2-5(12)3-7(9)8(6)10/h2-3,12H,10H2,1H3. The number of nitrogen functional groups attached to an aromatic ring is 1. The fourth-order valence-electron chi connectivity index (χ4n) is 0.895. The number of nitrogens with two attached hydrogens (primary N) is 1. The van der Waals surface area contributed by atoms with Crippen molar-refractivity contribution in [2.45, 2.75) is 6.92 Å². The van der Waals surface area contributed by atoms with Crippen molar-refractivity contribution in [3.05, 3.63) is 21.3 Å². The summed E-state index contributed by atoms with van der Waals surface area (Å²) in [5.41, 5.74) is 6.42. The summed E-state index contributed by atoms with van der Waals surface area (Å²) in [6.45, 7) is 1.42. The zero-order valence-corrected chi connectivity index (χ0v) is 8.62. The lowest BCUT2D eigenvalue weighted by Gasteiger charge is -2.04. The van der Waals surface area contributed by atoms with Crippen LogP contribution in [0.2, 0.25) is 0 Å². The van der Waals surface area contributed by atoms with E-state index in [0.717, 1.165) is 0 Å². The molecule has 0 fully saturated rings. The fraction of sp³-hybridized carbons (Fsp3) is 0.125. The van der Waals surface area contributed by atoms with Crippen LogP contribution in [-0.2, 0) is 0 Å². The molecular formula is C8H8INO2. The summed E-state index contributed by atoms with van der Waals surface area (Å²) >= 11 is 1.97. The molecule has 1 aromatic carbocycles. The number of hydrogen-bond acceptors (Lipinski definition) is 3. The van der Waals surface area contributed by atoms with E-state index < -0.39 is 0 Å². The third kappa shape index (κ3) is 1.69. The van der Waals surface area contributed by atoms with E-state index in [-0.39, 0.29) is 11.5 Å². The number of hydrogen-bond donors (Lipinski definition) is 2. The zero-order chi connectivity index (χ0) is 9.30. The van der Waals surface area contributed by atoms with Gasteiger partial charge in [-0.3, -0.25) is 4.79 Å². The molecule has 64 valence electrons. The molecule has 0 bridgehead atoms. The average Bonchev–Trinajstić information content (AvgIpc) is 1.96. The van der Waals surface area contributed by atoms with Crippen molar-refractivity contribution in [2.75, 3.05) is 5.73 Å². The summed E-state index contributed by atoms with van der Waals surface area (Å²) < 4.78 is 0.692. The zero-order valence-electron chi connectivity index (χ0n) is 6.47. The monoisotopic (exact) mass is 277 g/mol. The highest BCUT2D eigenvalue weighted by molar-refractivity contribution is 14.1. The molecule has 3 N–H and O–H groups in total. The van der Waals surface area contributed by atoms with Crippen LogP contribution in [-0.4, -0.2) is 10.9 Å². The van der Waals surface area contributed by atoms with Gasteiger partial charge in [0.1, 0.15) is 5.75 Å². The smallest absolute Gasteiger partial charge is 0.162 e. The summed E-state index contributed by atoms with van der Waals surface area (Å²) in [5, 5.41) is 9.15. The summed E-state index contributed by atoms with van der Waals surface area (Å²) in [7, 11) is 0. The molecule has 1 aromatic rings. The molecule has 0 radical (unpaired) electrons. The van der Waals surface area contributed by atoms with E-state index in [2.05, 4.69) is 0 Å². The second kappa shape index (κ2) is 3.30. The van der Waals surface area contributed by atoms with Gasteiger partial charge in [-0.15, -0.1) is 0 Å². The average molecular weight is 277 g/mol. The largest absolute Gasteiger partial charge is 0.508 e. The molecule has 0 saturated carbocycles. The molecule has 0 aliphatic rings. The van der Waals surface area contributed by atoms with Gasteiger partial charge in [-0.2, -0.15) is 0 Å².